The van der Waals surface area contributed by atoms with Gasteiger partial charge in [-0.15, -0.1) is 0 Å². The largest absolute Gasteiger partial charge is 0.381 e. The number of amides is 2. The third-order valence-corrected chi connectivity index (χ3v) is 6.46. The third kappa shape index (κ3) is 2.63. The van der Waals surface area contributed by atoms with Crippen molar-refractivity contribution in [1.82, 2.24) is 4.90 Å². The molecule has 1 saturated carbocycles. The van der Waals surface area contributed by atoms with Gasteiger partial charge in [-0.25, -0.2) is 0 Å². The highest BCUT2D eigenvalue weighted by atomic mass is 32.1. The van der Waals surface area contributed by atoms with Crippen LogP contribution in [0.3, 0.4) is 0 Å². The Morgan fingerprint density at radius 2 is 1.76 bits per heavy atom. The van der Waals surface area contributed by atoms with E-state index in [1.807, 2.05) is 0 Å². The van der Waals surface area contributed by atoms with Crippen LogP contribution in [0.2, 0.25) is 0 Å². The molecule has 3 fully saturated rings. The van der Waals surface area contributed by atoms with Gasteiger partial charge in [0.1, 0.15) is 0 Å². The van der Waals surface area contributed by atoms with Crippen LogP contribution in [-0.4, -0.2) is 42.2 Å². The summed E-state index contributed by atoms with van der Waals surface area (Å²) in [6, 6.07) is 0. The van der Waals surface area contributed by atoms with Gasteiger partial charge in [0.2, 0.25) is 11.8 Å². The van der Waals surface area contributed by atoms with E-state index in [2.05, 4.69) is 19.6 Å². The highest BCUT2D eigenvalue weighted by Crippen LogP contribution is 2.45. The Kier molecular flexibility index (Phi) is 4.33. The number of ether oxygens (including phenoxy) is 1. The van der Waals surface area contributed by atoms with Crippen molar-refractivity contribution in [2.24, 2.45) is 23.2 Å². The number of likely N-dealkylation sites (tertiary alicyclic amines) is 1. The minimum absolute atomic E-state index is 0.0424. The summed E-state index contributed by atoms with van der Waals surface area (Å²) in [7, 11) is 0. The SMILES string of the molecule is CCC1CC2C(=O)N(CC3(CS)CCOCC3)C(=O)C2C1. The summed E-state index contributed by atoms with van der Waals surface area (Å²) in [5, 5.41) is 0. The van der Waals surface area contributed by atoms with E-state index >= 15 is 0 Å². The van der Waals surface area contributed by atoms with Crippen molar-refractivity contribution in [3.8, 4) is 0 Å². The van der Waals surface area contributed by atoms with Crippen molar-refractivity contribution in [2.45, 2.75) is 39.0 Å². The van der Waals surface area contributed by atoms with Crippen LogP contribution in [0.1, 0.15) is 39.0 Å². The minimum Gasteiger partial charge on any atom is -0.381 e. The van der Waals surface area contributed by atoms with Crippen LogP contribution in [0.25, 0.3) is 0 Å². The molecule has 2 heterocycles. The first-order valence-electron chi connectivity index (χ1n) is 8.14. The fourth-order valence-corrected chi connectivity index (χ4v) is 4.61. The number of rotatable bonds is 4. The maximum absolute atomic E-state index is 12.6. The summed E-state index contributed by atoms with van der Waals surface area (Å²) in [6.07, 6.45) is 4.66. The average Bonchev–Trinajstić information content (AvgIpc) is 3.04. The Labute approximate surface area is 132 Å². The predicted octanol–water partition coefficient (Wildman–Crippen LogP) is 2.13. The Bertz CT molecular complexity index is 409. The van der Waals surface area contributed by atoms with E-state index in [-0.39, 0.29) is 29.1 Å². The molecule has 0 N–H and O–H groups in total. The number of hydrogen-bond donors (Lipinski definition) is 1. The molecule has 5 heteroatoms. The van der Waals surface area contributed by atoms with Crippen LogP contribution in [0.15, 0.2) is 0 Å². The smallest absolute Gasteiger partial charge is 0.233 e. The molecular formula is C16H25NO3S. The zero-order valence-electron chi connectivity index (χ0n) is 12.7. The summed E-state index contributed by atoms with van der Waals surface area (Å²) in [6.45, 7) is 4.11. The Morgan fingerprint density at radius 1 is 1.19 bits per heavy atom. The number of carbonyl (C=O) groups excluding carboxylic acids is 2. The van der Waals surface area contributed by atoms with Gasteiger partial charge in [0.05, 0.1) is 11.8 Å². The Balaban J connectivity index is 1.72. The van der Waals surface area contributed by atoms with Crippen molar-refractivity contribution in [3.05, 3.63) is 0 Å². The second-order valence-corrected chi connectivity index (χ2v) is 7.31. The number of imide groups is 1. The fourth-order valence-electron chi connectivity index (χ4n) is 4.19. The lowest BCUT2D eigenvalue weighted by Gasteiger charge is -2.38. The Hall–Kier alpha value is -0.550. The molecule has 2 amide bonds. The van der Waals surface area contributed by atoms with Gasteiger partial charge in [-0.1, -0.05) is 13.3 Å². The molecular weight excluding hydrogens is 286 g/mol. The van der Waals surface area contributed by atoms with Crippen LogP contribution in [0.4, 0.5) is 0 Å². The monoisotopic (exact) mass is 311 g/mol. The van der Waals surface area contributed by atoms with Crippen molar-refractivity contribution in [2.75, 3.05) is 25.5 Å². The molecule has 0 bridgehead atoms. The van der Waals surface area contributed by atoms with E-state index in [1.165, 1.54) is 0 Å². The van der Waals surface area contributed by atoms with Crippen LogP contribution < -0.4 is 0 Å². The molecule has 0 aromatic carbocycles. The molecule has 2 aliphatic heterocycles. The number of thiol groups is 1. The first-order chi connectivity index (χ1) is 10.1. The second-order valence-electron chi connectivity index (χ2n) is 6.99. The molecule has 3 rings (SSSR count). The van der Waals surface area contributed by atoms with Gasteiger partial charge < -0.3 is 4.74 Å². The lowest BCUT2D eigenvalue weighted by atomic mass is 9.81. The summed E-state index contributed by atoms with van der Waals surface area (Å²) in [4.78, 5) is 26.8. The number of nitrogens with zero attached hydrogens (tertiary/aromatic N) is 1. The van der Waals surface area contributed by atoms with Gasteiger partial charge in [-0.05, 0) is 37.4 Å². The maximum Gasteiger partial charge on any atom is 0.233 e. The predicted molar refractivity (Wildman–Crippen MR) is 83.1 cm³/mol. The topological polar surface area (TPSA) is 46.6 Å². The standard InChI is InChI=1S/C16H25NO3S/c1-2-11-7-12-13(8-11)15(19)17(14(12)18)9-16(10-21)3-5-20-6-4-16/h11-13,21H,2-10H2,1H3. The lowest BCUT2D eigenvalue weighted by molar-refractivity contribution is -0.143. The first kappa shape index (κ1) is 15.3. The van der Waals surface area contributed by atoms with Crippen molar-refractivity contribution in [3.63, 3.8) is 0 Å². The molecule has 0 radical (unpaired) electrons. The van der Waals surface area contributed by atoms with Crippen molar-refractivity contribution in [1.29, 1.82) is 0 Å². The highest BCUT2D eigenvalue weighted by Gasteiger charge is 2.53. The number of hydrogen-bond acceptors (Lipinski definition) is 4. The summed E-state index contributed by atoms with van der Waals surface area (Å²) < 4.78 is 5.43. The van der Waals surface area contributed by atoms with Gasteiger partial charge in [-0.3, -0.25) is 14.5 Å². The molecule has 2 saturated heterocycles. The normalized spacial score (nSPS) is 35.3. The van der Waals surface area contributed by atoms with Crippen LogP contribution in [0, 0.1) is 23.2 Å². The molecule has 0 aromatic heterocycles. The number of fused-ring (bicyclic) bond motifs is 1. The van der Waals surface area contributed by atoms with E-state index in [4.69, 9.17) is 4.74 Å². The van der Waals surface area contributed by atoms with Gasteiger partial charge in [0.25, 0.3) is 0 Å². The molecule has 21 heavy (non-hydrogen) atoms. The molecule has 2 unspecified atom stereocenters. The molecule has 118 valence electrons. The van der Waals surface area contributed by atoms with E-state index in [0.717, 1.165) is 32.1 Å². The average molecular weight is 311 g/mol. The molecule has 3 aliphatic rings. The van der Waals surface area contributed by atoms with Crippen molar-refractivity contribution < 1.29 is 14.3 Å². The van der Waals surface area contributed by atoms with Gasteiger partial charge in [0, 0.05) is 25.2 Å². The highest BCUT2D eigenvalue weighted by molar-refractivity contribution is 7.80. The molecule has 0 spiro atoms. The molecule has 2 atom stereocenters. The van der Waals surface area contributed by atoms with Crippen molar-refractivity contribution >= 4 is 24.4 Å². The minimum atomic E-state index is -0.0462. The van der Waals surface area contributed by atoms with E-state index < -0.39 is 0 Å². The fraction of sp³-hybridized carbons (Fsp3) is 0.875. The van der Waals surface area contributed by atoms with Crippen LogP contribution >= 0.6 is 12.6 Å². The molecule has 0 aromatic rings. The van der Waals surface area contributed by atoms with Crippen LogP contribution in [-0.2, 0) is 14.3 Å². The van der Waals surface area contributed by atoms with E-state index in [9.17, 15) is 9.59 Å². The summed E-state index contributed by atoms with van der Waals surface area (Å²) in [5.41, 5.74) is -0.0462. The zero-order chi connectivity index (χ0) is 15.0. The third-order valence-electron chi connectivity index (χ3n) is 5.79. The van der Waals surface area contributed by atoms with Crippen LogP contribution in [0.5, 0.6) is 0 Å². The summed E-state index contributed by atoms with van der Waals surface area (Å²) >= 11 is 4.49. The number of carbonyl (C=O) groups is 2. The van der Waals surface area contributed by atoms with E-state index in [1.54, 1.807) is 4.90 Å². The first-order valence-corrected chi connectivity index (χ1v) is 8.77. The van der Waals surface area contributed by atoms with Gasteiger partial charge in [0.15, 0.2) is 0 Å². The molecule has 4 nitrogen and oxygen atoms in total. The Morgan fingerprint density at radius 3 is 2.24 bits per heavy atom. The zero-order valence-corrected chi connectivity index (χ0v) is 13.6. The second kappa shape index (κ2) is 5.92. The van der Waals surface area contributed by atoms with E-state index in [0.29, 0.717) is 31.4 Å². The maximum atomic E-state index is 12.6. The summed E-state index contributed by atoms with van der Waals surface area (Å²) in [5.74, 6) is 1.33. The van der Waals surface area contributed by atoms with Gasteiger partial charge in [-0.2, -0.15) is 12.6 Å². The lowest BCUT2D eigenvalue weighted by Crippen LogP contribution is -2.45. The van der Waals surface area contributed by atoms with Gasteiger partial charge >= 0.3 is 0 Å². The molecule has 1 aliphatic carbocycles. The quantitative estimate of drug-likeness (QED) is 0.639.